The molecule has 0 aliphatic carbocycles. The Morgan fingerprint density at radius 3 is 2.50 bits per heavy atom. The van der Waals surface area contributed by atoms with Crippen molar-refractivity contribution in [2.75, 3.05) is 5.73 Å². The molecule has 6 heteroatoms. The first-order chi connectivity index (χ1) is 7.41. The van der Waals surface area contributed by atoms with Gasteiger partial charge in [-0.1, -0.05) is 6.07 Å². The van der Waals surface area contributed by atoms with E-state index in [0.29, 0.717) is 5.56 Å². The van der Waals surface area contributed by atoms with Crippen LogP contribution in [-0.4, -0.2) is 12.4 Å². The molecule has 1 atom stereocenters. The average molecular weight is 230 g/mol. The number of rotatable bonds is 4. The number of Topliss-reactive ketones (excluding diaryl/α,β-unsaturated/α-hetero) is 1. The molecule has 1 unspecified atom stereocenters. The second-order valence-corrected chi connectivity index (χ2v) is 3.26. The minimum atomic E-state index is -2.91. The summed E-state index contributed by atoms with van der Waals surface area (Å²) in [6.07, 6.45) is 0. The van der Waals surface area contributed by atoms with E-state index in [1.807, 2.05) is 0 Å². The van der Waals surface area contributed by atoms with E-state index in [2.05, 4.69) is 4.74 Å². The molecule has 0 aromatic heterocycles. The van der Waals surface area contributed by atoms with Crippen LogP contribution in [0.25, 0.3) is 0 Å². The zero-order chi connectivity index (χ0) is 12.3. The molecule has 4 nitrogen and oxygen atoms in total. The van der Waals surface area contributed by atoms with Crippen LogP contribution in [0.1, 0.15) is 18.5 Å². The molecule has 0 spiro atoms. The maximum absolute atomic E-state index is 11.9. The third kappa shape index (κ3) is 2.90. The van der Waals surface area contributed by atoms with Gasteiger partial charge in [-0.2, -0.15) is 8.78 Å². The number of carbonyl (C=O) groups is 1. The van der Waals surface area contributed by atoms with E-state index in [4.69, 9.17) is 11.5 Å². The number of benzene rings is 1. The summed E-state index contributed by atoms with van der Waals surface area (Å²) in [5, 5.41) is 0. The molecule has 88 valence electrons. The number of nitrogen functional groups attached to an aromatic ring is 1. The van der Waals surface area contributed by atoms with Crippen molar-refractivity contribution in [2.45, 2.75) is 19.6 Å². The lowest BCUT2D eigenvalue weighted by Gasteiger charge is -2.12. The van der Waals surface area contributed by atoms with Crippen LogP contribution in [0.3, 0.4) is 0 Å². The van der Waals surface area contributed by atoms with Crippen molar-refractivity contribution in [3.8, 4) is 5.75 Å². The predicted molar refractivity (Wildman–Crippen MR) is 55.1 cm³/mol. The minimum absolute atomic E-state index is 0.0630. The van der Waals surface area contributed by atoms with Crippen molar-refractivity contribution in [3.63, 3.8) is 0 Å². The quantitative estimate of drug-likeness (QED) is 0.767. The first-order valence-corrected chi connectivity index (χ1v) is 4.52. The largest absolute Gasteiger partial charge is 0.435 e. The topological polar surface area (TPSA) is 78.3 Å². The fourth-order valence-corrected chi connectivity index (χ4v) is 1.23. The van der Waals surface area contributed by atoms with E-state index < -0.39 is 12.7 Å². The Hall–Kier alpha value is -1.69. The summed E-state index contributed by atoms with van der Waals surface area (Å²) < 4.78 is 27.9. The van der Waals surface area contributed by atoms with Crippen molar-refractivity contribution >= 4 is 11.5 Å². The normalized spacial score (nSPS) is 12.6. The van der Waals surface area contributed by atoms with E-state index in [9.17, 15) is 13.6 Å². The number of anilines is 1. The zero-order valence-electron chi connectivity index (χ0n) is 8.61. The van der Waals surface area contributed by atoms with E-state index >= 15 is 0 Å². The van der Waals surface area contributed by atoms with Crippen molar-refractivity contribution < 1.29 is 18.3 Å². The van der Waals surface area contributed by atoms with Crippen LogP contribution < -0.4 is 16.2 Å². The number of ketones is 1. The Kier molecular flexibility index (Phi) is 3.78. The molecule has 1 rings (SSSR count). The first kappa shape index (κ1) is 12.4. The first-order valence-electron chi connectivity index (χ1n) is 4.52. The molecule has 1 aromatic carbocycles. The summed E-state index contributed by atoms with van der Waals surface area (Å²) in [6, 6.07) is 3.06. The van der Waals surface area contributed by atoms with Crippen LogP contribution >= 0.6 is 0 Å². The Bertz CT molecular complexity index is 396. The van der Waals surface area contributed by atoms with E-state index in [1.165, 1.54) is 25.1 Å². The molecule has 4 N–H and O–H groups in total. The Morgan fingerprint density at radius 2 is 2.06 bits per heavy atom. The predicted octanol–water partition coefficient (Wildman–Crippen LogP) is 1.46. The highest BCUT2D eigenvalue weighted by atomic mass is 19.3. The molecular formula is C10H12F2N2O2. The number of carbonyl (C=O) groups excluding carboxylic acids is 1. The molecular weight excluding hydrogens is 218 g/mol. The lowest BCUT2D eigenvalue weighted by Crippen LogP contribution is -2.20. The van der Waals surface area contributed by atoms with E-state index in [0.717, 1.165) is 0 Å². The highest BCUT2D eigenvalue weighted by Crippen LogP contribution is 2.25. The Labute approximate surface area is 91.2 Å². The van der Waals surface area contributed by atoms with Gasteiger partial charge >= 0.3 is 6.61 Å². The third-order valence-electron chi connectivity index (χ3n) is 2.06. The van der Waals surface area contributed by atoms with Gasteiger partial charge < -0.3 is 16.2 Å². The highest BCUT2D eigenvalue weighted by molar-refractivity contribution is 5.84. The Morgan fingerprint density at radius 1 is 1.44 bits per heavy atom. The Balaban J connectivity index is 2.95. The van der Waals surface area contributed by atoms with Gasteiger partial charge in [0.2, 0.25) is 0 Å². The fraction of sp³-hybridized carbons (Fsp3) is 0.300. The summed E-state index contributed by atoms with van der Waals surface area (Å²) in [5.74, 6) is -0.318. The summed E-state index contributed by atoms with van der Waals surface area (Å²) in [4.78, 5) is 11.0. The zero-order valence-corrected chi connectivity index (χ0v) is 8.61. The third-order valence-corrected chi connectivity index (χ3v) is 2.06. The maximum Gasteiger partial charge on any atom is 0.387 e. The van der Waals surface area contributed by atoms with E-state index in [1.54, 1.807) is 0 Å². The number of alkyl halides is 2. The lowest BCUT2D eigenvalue weighted by atomic mass is 10.0. The number of nitrogens with two attached hydrogens (primary N) is 2. The van der Waals surface area contributed by atoms with Crippen LogP contribution in [-0.2, 0) is 4.79 Å². The number of halogens is 2. The smallest absolute Gasteiger partial charge is 0.387 e. The summed E-state index contributed by atoms with van der Waals surface area (Å²) in [6.45, 7) is -1.58. The van der Waals surface area contributed by atoms with Crippen LogP contribution in [0.15, 0.2) is 18.2 Å². The molecule has 0 heterocycles. The fourth-order valence-electron chi connectivity index (χ4n) is 1.23. The molecule has 0 saturated heterocycles. The summed E-state index contributed by atoms with van der Waals surface area (Å²) in [5.41, 5.74) is 11.7. The molecule has 0 aliphatic heterocycles. The monoisotopic (exact) mass is 230 g/mol. The standard InChI is InChI=1S/C10H12F2N2O2/c1-5(15)9(14)7-3-2-6(4-8(7)13)16-10(11)12/h2-4,9-10H,13-14H2,1H3. The second-order valence-electron chi connectivity index (χ2n) is 3.26. The van der Waals surface area contributed by atoms with Gasteiger partial charge in [0.15, 0.2) is 5.78 Å². The van der Waals surface area contributed by atoms with Crippen molar-refractivity contribution in [3.05, 3.63) is 23.8 Å². The number of hydrogen-bond acceptors (Lipinski definition) is 4. The molecule has 0 bridgehead atoms. The molecule has 16 heavy (non-hydrogen) atoms. The van der Waals surface area contributed by atoms with Crippen molar-refractivity contribution in [2.24, 2.45) is 5.73 Å². The lowest BCUT2D eigenvalue weighted by molar-refractivity contribution is -0.118. The van der Waals surface area contributed by atoms with E-state index in [-0.39, 0.29) is 17.2 Å². The number of hydrogen-bond donors (Lipinski definition) is 2. The van der Waals surface area contributed by atoms with Crippen LogP contribution in [0.2, 0.25) is 0 Å². The van der Waals surface area contributed by atoms with Crippen molar-refractivity contribution in [1.82, 2.24) is 0 Å². The molecule has 0 aliphatic rings. The van der Waals surface area contributed by atoms with Gasteiger partial charge in [0, 0.05) is 11.8 Å². The van der Waals surface area contributed by atoms with Gasteiger partial charge in [-0.15, -0.1) is 0 Å². The van der Waals surface area contributed by atoms with Gasteiger partial charge in [-0.25, -0.2) is 0 Å². The molecule has 0 saturated carbocycles. The summed E-state index contributed by atoms with van der Waals surface area (Å²) >= 11 is 0. The number of ether oxygens (including phenoxy) is 1. The minimum Gasteiger partial charge on any atom is -0.435 e. The SMILES string of the molecule is CC(=O)C(N)c1ccc(OC(F)F)cc1N. The maximum atomic E-state index is 11.9. The van der Waals surface area contributed by atoms with Gasteiger partial charge in [0.25, 0.3) is 0 Å². The van der Waals surface area contributed by atoms with Gasteiger partial charge in [-0.3, -0.25) is 4.79 Å². The molecule has 0 fully saturated rings. The highest BCUT2D eigenvalue weighted by Gasteiger charge is 2.15. The molecule has 1 aromatic rings. The van der Waals surface area contributed by atoms with Crippen LogP contribution in [0.5, 0.6) is 5.75 Å². The molecule has 0 radical (unpaired) electrons. The van der Waals surface area contributed by atoms with Gasteiger partial charge in [0.1, 0.15) is 5.75 Å². The molecule has 0 amide bonds. The van der Waals surface area contributed by atoms with Gasteiger partial charge in [-0.05, 0) is 18.6 Å². The summed E-state index contributed by atoms with van der Waals surface area (Å²) in [7, 11) is 0. The van der Waals surface area contributed by atoms with Crippen LogP contribution in [0, 0.1) is 0 Å². The van der Waals surface area contributed by atoms with Gasteiger partial charge in [0.05, 0.1) is 6.04 Å². The average Bonchev–Trinajstić information content (AvgIpc) is 2.15. The second kappa shape index (κ2) is 4.89. The van der Waals surface area contributed by atoms with Crippen LogP contribution in [0.4, 0.5) is 14.5 Å². The van der Waals surface area contributed by atoms with Crippen molar-refractivity contribution in [1.29, 1.82) is 0 Å².